The zero-order valence-electron chi connectivity index (χ0n) is 13.8. The molecule has 1 amide bonds. The Morgan fingerprint density at radius 3 is 2.65 bits per heavy atom. The quantitative estimate of drug-likeness (QED) is 0.593. The number of anilines is 1. The predicted octanol–water partition coefficient (Wildman–Crippen LogP) is 4.01. The number of thiazole rings is 1. The van der Waals surface area contributed by atoms with Crippen LogP contribution >= 0.6 is 11.3 Å². The van der Waals surface area contributed by atoms with E-state index < -0.39 is 0 Å². The lowest BCUT2D eigenvalue weighted by Gasteiger charge is -2.06. The van der Waals surface area contributed by atoms with Gasteiger partial charge in [-0.05, 0) is 36.4 Å². The van der Waals surface area contributed by atoms with Gasteiger partial charge in [0.15, 0.2) is 5.13 Å². The maximum Gasteiger partial charge on any atom is 0.257 e. The number of para-hydroxylation sites is 1. The van der Waals surface area contributed by atoms with Crippen LogP contribution in [0.1, 0.15) is 10.4 Å². The van der Waals surface area contributed by atoms with E-state index in [0.29, 0.717) is 10.7 Å². The number of rotatable bonds is 4. The van der Waals surface area contributed by atoms with Crippen LogP contribution in [0.2, 0.25) is 0 Å². The van der Waals surface area contributed by atoms with E-state index in [4.69, 9.17) is 4.74 Å². The van der Waals surface area contributed by atoms with Crippen LogP contribution in [-0.4, -0.2) is 28.0 Å². The smallest absolute Gasteiger partial charge is 0.257 e. The molecule has 3 aromatic heterocycles. The molecule has 0 radical (unpaired) electrons. The van der Waals surface area contributed by atoms with Gasteiger partial charge in [-0.15, -0.1) is 0 Å². The summed E-state index contributed by atoms with van der Waals surface area (Å²) in [7, 11) is 1.64. The molecule has 0 saturated heterocycles. The van der Waals surface area contributed by atoms with Gasteiger partial charge in [0, 0.05) is 23.5 Å². The first-order valence-corrected chi connectivity index (χ1v) is 8.68. The Balaban J connectivity index is 1.65. The van der Waals surface area contributed by atoms with Gasteiger partial charge in [0.25, 0.3) is 5.91 Å². The third kappa shape index (κ3) is 3.12. The number of nitrogens with one attached hydrogen (secondary N) is 1. The van der Waals surface area contributed by atoms with Crippen LogP contribution in [0.15, 0.2) is 60.9 Å². The normalized spacial score (nSPS) is 10.7. The maximum absolute atomic E-state index is 12.3. The number of carbonyl (C=O) groups excluding carboxylic acids is 1. The van der Waals surface area contributed by atoms with Gasteiger partial charge in [-0.3, -0.25) is 15.1 Å². The van der Waals surface area contributed by atoms with Gasteiger partial charge in [-0.2, -0.15) is 0 Å². The maximum atomic E-state index is 12.3. The van der Waals surface area contributed by atoms with Crippen LogP contribution in [0.5, 0.6) is 5.75 Å². The second-order valence-electron chi connectivity index (χ2n) is 5.43. The summed E-state index contributed by atoms with van der Waals surface area (Å²) in [6.07, 6.45) is 3.16. The van der Waals surface area contributed by atoms with Crippen molar-refractivity contribution >= 4 is 32.7 Å². The Labute approximate surface area is 153 Å². The molecule has 1 N–H and O–H groups in total. The Morgan fingerprint density at radius 2 is 1.85 bits per heavy atom. The van der Waals surface area contributed by atoms with Crippen molar-refractivity contribution < 1.29 is 9.53 Å². The number of aromatic nitrogens is 3. The first kappa shape index (κ1) is 16.2. The van der Waals surface area contributed by atoms with Gasteiger partial charge in [0.1, 0.15) is 16.1 Å². The zero-order valence-corrected chi connectivity index (χ0v) is 14.7. The number of methoxy groups -OCH3 is 1. The lowest BCUT2D eigenvalue weighted by Crippen LogP contribution is -2.11. The third-order valence-corrected chi connectivity index (χ3v) is 4.68. The molecule has 1 aromatic carbocycles. The summed E-state index contributed by atoms with van der Waals surface area (Å²) in [6, 6.07) is 14.8. The summed E-state index contributed by atoms with van der Waals surface area (Å²) in [5.74, 6) is 0.534. The predicted molar refractivity (Wildman–Crippen MR) is 102 cm³/mol. The standard InChI is InChI=1S/C19H14N4O2S/c1-25-16-5-3-2-4-13(16)14-6-7-15-18(21-14)26-19(22-15)23-17(24)12-8-10-20-11-9-12/h2-11H,1H3,(H,22,23,24). The van der Waals surface area contributed by atoms with Crippen LogP contribution in [0.25, 0.3) is 21.6 Å². The van der Waals surface area contributed by atoms with Crippen LogP contribution in [-0.2, 0) is 0 Å². The molecule has 7 heteroatoms. The molecule has 0 fully saturated rings. The summed E-state index contributed by atoms with van der Waals surface area (Å²) in [5.41, 5.74) is 2.97. The molecule has 0 aliphatic carbocycles. The minimum absolute atomic E-state index is 0.226. The number of fused-ring (bicyclic) bond motifs is 1. The highest BCUT2D eigenvalue weighted by molar-refractivity contribution is 7.22. The number of carbonyl (C=O) groups is 1. The van der Waals surface area contributed by atoms with Gasteiger partial charge in [0.2, 0.25) is 0 Å². The Hall–Kier alpha value is -3.32. The third-order valence-electron chi connectivity index (χ3n) is 3.80. The van der Waals surface area contributed by atoms with Crippen molar-refractivity contribution in [2.45, 2.75) is 0 Å². The molecule has 0 aliphatic rings. The summed E-state index contributed by atoms with van der Waals surface area (Å²) in [4.78, 5) is 26.0. The van der Waals surface area contributed by atoms with Crippen molar-refractivity contribution in [1.29, 1.82) is 0 Å². The molecular formula is C19H14N4O2S. The van der Waals surface area contributed by atoms with Crippen molar-refractivity contribution in [2.24, 2.45) is 0 Å². The van der Waals surface area contributed by atoms with E-state index in [-0.39, 0.29) is 5.91 Å². The molecule has 0 atom stereocenters. The van der Waals surface area contributed by atoms with Crippen LogP contribution in [0, 0.1) is 0 Å². The first-order valence-electron chi connectivity index (χ1n) is 7.87. The Morgan fingerprint density at radius 1 is 1.04 bits per heavy atom. The second kappa shape index (κ2) is 6.89. The average Bonchev–Trinajstić information content (AvgIpc) is 3.10. The minimum atomic E-state index is -0.226. The van der Waals surface area contributed by atoms with Crippen LogP contribution in [0.4, 0.5) is 5.13 Å². The van der Waals surface area contributed by atoms with E-state index >= 15 is 0 Å². The zero-order chi connectivity index (χ0) is 17.9. The number of hydrogen-bond donors (Lipinski definition) is 1. The van der Waals surface area contributed by atoms with E-state index in [0.717, 1.165) is 27.4 Å². The number of ether oxygens (including phenoxy) is 1. The second-order valence-corrected chi connectivity index (χ2v) is 6.41. The molecule has 0 bridgehead atoms. The van der Waals surface area contributed by atoms with E-state index in [1.165, 1.54) is 11.3 Å². The lowest BCUT2D eigenvalue weighted by atomic mass is 10.1. The fourth-order valence-corrected chi connectivity index (χ4v) is 3.38. The number of nitrogens with zero attached hydrogens (tertiary/aromatic N) is 3. The first-order chi connectivity index (χ1) is 12.7. The van der Waals surface area contributed by atoms with Gasteiger partial charge in [-0.1, -0.05) is 23.5 Å². The molecule has 4 aromatic rings. The van der Waals surface area contributed by atoms with Crippen molar-refractivity contribution in [3.8, 4) is 17.0 Å². The summed E-state index contributed by atoms with van der Waals surface area (Å²) in [6.45, 7) is 0. The molecule has 128 valence electrons. The SMILES string of the molecule is COc1ccccc1-c1ccc2nc(NC(=O)c3ccncc3)sc2n1. The molecule has 0 aliphatic heterocycles. The number of hydrogen-bond acceptors (Lipinski definition) is 6. The van der Waals surface area contributed by atoms with E-state index in [2.05, 4.69) is 20.3 Å². The van der Waals surface area contributed by atoms with Crippen molar-refractivity contribution in [2.75, 3.05) is 12.4 Å². The number of amides is 1. The van der Waals surface area contributed by atoms with Crippen molar-refractivity contribution in [3.63, 3.8) is 0 Å². The monoisotopic (exact) mass is 362 g/mol. The van der Waals surface area contributed by atoms with Crippen molar-refractivity contribution in [3.05, 3.63) is 66.5 Å². The topological polar surface area (TPSA) is 77.0 Å². The number of benzene rings is 1. The van der Waals surface area contributed by atoms with E-state index in [1.807, 2.05) is 36.4 Å². The minimum Gasteiger partial charge on any atom is -0.496 e. The van der Waals surface area contributed by atoms with Crippen LogP contribution in [0.3, 0.4) is 0 Å². The lowest BCUT2D eigenvalue weighted by molar-refractivity contribution is 0.102. The van der Waals surface area contributed by atoms with Crippen molar-refractivity contribution in [1.82, 2.24) is 15.0 Å². The van der Waals surface area contributed by atoms with E-state index in [9.17, 15) is 4.79 Å². The highest BCUT2D eigenvalue weighted by Gasteiger charge is 2.12. The Kier molecular flexibility index (Phi) is 4.28. The molecule has 0 unspecified atom stereocenters. The van der Waals surface area contributed by atoms with E-state index in [1.54, 1.807) is 31.6 Å². The fraction of sp³-hybridized carbons (Fsp3) is 0.0526. The highest BCUT2D eigenvalue weighted by atomic mass is 32.1. The summed E-state index contributed by atoms with van der Waals surface area (Å²) in [5, 5.41) is 3.31. The fourth-order valence-electron chi connectivity index (χ4n) is 2.55. The van der Waals surface area contributed by atoms with Gasteiger partial charge in [-0.25, -0.2) is 9.97 Å². The Bertz CT molecular complexity index is 1080. The highest BCUT2D eigenvalue weighted by Crippen LogP contribution is 2.32. The molecule has 26 heavy (non-hydrogen) atoms. The van der Waals surface area contributed by atoms with Crippen LogP contribution < -0.4 is 10.1 Å². The molecular weight excluding hydrogens is 348 g/mol. The van der Waals surface area contributed by atoms with Gasteiger partial charge < -0.3 is 4.74 Å². The average molecular weight is 362 g/mol. The molecule has 4 rings (SSSR count). The molecule has 3 heterocycles. The number of pyridine rings is 2. The summed E-state index contributed by atoms with van der Waals surface area (Å²) >= 11 is 1.33. The molecule has 0 saturated carbocycles. The van der Waals surface area contributed by atoms with Gasteiger partial charge >= 0.3 is 0 Å². The summed E-state index contributed by atoms with van der Waals surface area (Å²) < 4.78 is 5.40. The molecule has 6 nitrogen and oxygen atoms in total. The van der Waals surface area contributed by atoms with Gasteiger partial charge in [0.05, 0.1) is 12.8 Å². The molecule has 0 spiro atoms. The largest absolute Gasteiger partial charge is 0.496 e.